The van der Waals surface area contributed by atoms with Crippen molar-refractivity contribution in [3.8, 4) is 0 Å². The van der Waals surface area contributed by atoms with E-state index < -0.39 is 0 Å². The van der Waals surface area contributed by atoms with E-state index in [1.807, 2.05) is 0 Å². The van der Waals surface area contributed by atoms with Gasteiger partial charge in [-0.3, -0.25) is 0 Å². The average Bonchev–Trinajstić information content (AvgIpc) is 2.45. The number of halogens is 1. The summed E-state index contributed by atoms with van der Waals surface area (Å²) in [6.45, 7) is 8.72. The van der Waals surface area contributed by atoms with E-state index in [2.05, 4.69) is 70.2 Å². The molecule has 0 saturated carbocycles. The Balaban J connectivity index is 2.26. The second-order valence-corrected chi connectivity index (χ2v) is 6.20. The van der Waals surface area contributed by atoms with Crippen LogP contribution >= 0.6 is 11.6 Å². The zero-order chi connectivity index (χ0) is 14.7. The third-order valence-electron chi connectivity index (χ3n) is 3.95. The van der Waals surface area contributed by atoms with Gasteiger partial charge in [0.25, 0.3) is 0 Å². The van der Waals surface area contributed by atoms with E-state index >= 15 is 0 Å². The molecular weight excluding hydrogens is 264 g/mol. The Hall–Kier alpha value is -1.27. The minimum absolute atomic E-state index is 0.0698. The van der Waals surface area contributed by atoms with Gasteiger partial charge < -0.3 is 0 Å². The predicted octanol–water partition coefficient (Wildman–Crippen LogP) is 6.15. The minimum atomic E-state index is -0.0698. The van der Waals surface area contributed by atoms with E-state index in [0.29, 0.717) is 5.92 Å². The third-order valence-corrected chi connectivity index (χ3v) is 4.45. The fourth-order valence-corrected chi connectivity index (χ4v) is 2.85. The molecule has 0 amide bonds. The van der Waals surface area contributed by atoms with Gasteiger partial charge in [-0.2, -0.15) is 0 Å². The molecule has 2 rings (SSSR count). The molecule has 0 aliphatic carbocycles. The largest absolute Gasteiger partial charge is 0.113 e. The van der Waals surface area contributed by atoms with Gasteiger partial charge in [-0.05, 0) is 42.9 Å². The lowest BCUT2D eigenvalue weighted by molar-refractivity contribution is 0.733. The fourth-order valence-electron chi connectivity index (χ4n) is 2.58. The maximum absolute atomic E-state index is 6.64. The number of aryl methyl sites for hydroxylation is 2. The monoisotopic (exact) mass is 286 g/mol. The molecule has 0 aliphatic rings. The van der Waals surface area contributed by atoms with Crippen molar-refractivity contribution in [1.82, 2.24) is 0 Å². The van der Waals surface area contributed by atoms with Crippen LogP contribution in [0.15, 0.2) is 42.5 Å². The zero-order valence-electron chi connectivity index (χ0n) is 12.8. The minimum Gasteiger partial charge on any atom is -0.113 e. The Morgan fingerprint density at radius 2 is 1.35 bits per heavy atom. The van der Waals surface area contributed by atoms with Gasteiger partial charge in [0, 0.05) is 0 Å². The van der Waals surface area contributed by atoms with Gasteiger partial charge in [0.1, 0.15) is 0 Å². The topological polar surface area (TPSA) is 0 Å². The van der Waals surface area contributed by atoms with Crippen LogP contribution in [0, 0.1) is 13.8 Å². The first-order valence-electron chi connectivity index (χ1n) is 7.33. The number of hydrogen-bond acceptors (Lipinski definition) is 0. The summed E-state index contributed by atoms with van der Waals surface area (Å²) >= 11 is 6.64. The summed E-state index contributed by atoms with van der Waals surface area (Å²) in [5.74, 6) is 0.610. The van der Waals surface area contributed by atoms with E-state index in [4.69, 9.17) is 11.6 Å². The summed E-state index contributed by atoms with van der Waals surface area (Å²) in [6, 6.07) is 15.3. The van der Waals surface area contributed by atoms with E-state index in [0.717, 1.165) is 0 Å². The highest BCUT2D eigenvalue weighted by atomic mass is 35.5. The van der Waals surface area contributed by atoms with Crippen LogP contribution in [-0.4, -0.2) is 0 Å². The van der Waals surface area contributed by atoms with Gasteiger partial charge in [0.05, 0.1) is 5.38 Å². The highest BCUT2D eigenvalue weighted by Crippen LogP contribution is 2.31. The number of benzene rings is 2. The number of alkyl halides is 1. The van der Waals surface area contributed by atoms with Crippen LogP contribution in [0.4, 0.5) is 0 Å². The van der Waals surface area contributed by atoms with Gasteiger partial charge in [0.15, 0.2) is 0 Å². The molecule has 106 valence electrons. The molecule has 2 aromatic carbocycles. The van der Waals surface area contributed by atoms with Crippen LogP contribution in [0.25, 0.3) is 0 Å². The molecule has 1 heteroatoms. The van der Waals surface area contributed by atoms with E-state index in [9.17, 15) is 0 Å². The molecule has 0 fully saturated rings. The first-order valence-corrected chi connectivity index (χ1v) is 7.77. The van der Waals surface area contributed by atoms with Crippen LogP contribution in [0.3, 0.4) is 0 Å². The Labute approximate surface area is 127 Å². The van der Waals surface area contributed by atoms with E-state index in [1.54, 1.807) is 0 Å². The molecule has 0 aliphatic heterocycles. The Morgan fingerprint density at radius 3 is 1.85 bits per heavy atom. The summed E-state index contributed by atoms with van der Waals surface area (Å²) in [5.41, 5.74) is 6.27. The van der Waals surface area contributed by atoms with Gasteiger partial charge in [-0.25, -0.2) is 0 Å². The molecule has 0 aromatic heterocycles. The Kier molecular flexibility index (Phi) is 4.88. The van der Waals surface area contributed by atoms with Crippen LogP contribution < -0.4 is 0 Å². The third kappa shape index (κ3) is 3.43. The van der Waals surface area contributed by atoms with Crippen molar-refractivity contribution in [1.29, 1.82) is 0 Å². The van der Waals surface area contributed by atoms with Crippen LogP contribution in [0.2, 0.25) is 0 Å². The predicted molar refractivity (Wildman–Crippen MR) is 88.8 cm³/mol. The highest BCUT2D eigenvalue weighted by molar-refractivity contribution is 6.22. The molecule has 2 unspecified atom stereocenters. The summed E-state index contributed by atoms with van der Waals surface area (Å²) in [7, 11) is 0. The lowest BCUT2D eigenvalue weighted by Crippen LogP contribution is -1.97. The number of hydrogen-bond donors (Lipinski definition) is 0. The second kappa shape index (κ2) is 6.45. The van der Waals surface area contributed by atoms with Crippen molar-refractivity contribution in [2.45, 2.75) is 45.4 Å². The van der Waals surface area contributed by atoms with Crippen LogP contribution in [-0.2, 0) is 0 Å². The molecule has 0 radical (unpaired) electrons. The SMILES string of the molecule is CCC(C)c1ccc(C(Cl)c2cc(C)cc(C)c2)cc1. The van der Waals surface area contributed by atoms with Crippen LogP contribution in [0.1, 0.15) is 59.4 Å². The molecule has 0 spiro atoms. The maximum atomic E-state index is 6.64. The second-order valence-electron chi connectivity index (χ2n) is 5.76. The van der Waals surface area contributed by atoms with E-state index in [1.165, 1.54) is 34.2 Å². The highest BCUT2D eigenvalue weighted by Gasteiger charge is 2.12. The van der Waals surface area contributed by atoms with Gasteiger partial charge in [0.2, 0.25) is 0 Å². The number of rotatable bonds is 4. The molecule has 20 heavy (non-hydrogen) atoms. The molecule has 0 nitrogen and oxygen atoms in total. The van der Waals surface area contributed by atoms with Gasteiger partial charge in [-0.1, -0.05) is 67.4 Å². The van der Waals surface area contributed by atoms with Crippen LogP contribution in [0.5, 0.6) is 0 Å². The summed E-state index contributed by atoms with van der Waals surface area (Å²) in [6.07, 6.45) is 1.17. The molecule has 2 atom stereocenters. The summed E-state index contributed by atoms with van der Waals surface area (Å²) < 4.78 is 0. The van der Waals surface area contributed by atoms with E-state index in [-0.39, 0.29) is 5.38 Å². The molecule has 0 N–H and O–H groups in total. The van der Waals surface area contributed by atoms with Crippen molar-refractivity contribution in [3.05, 3.63) is 70.3 Å². The van der Waals surface area contributed by atoms with Gasteiger partial charge >= 0.3 is 0 Å². The normalized spacial score (nSPS) is 14.1. The molecule has 0 saturated heterocycles. The molecular formula is C19H23Cl. The smallest absolute Gasteiger partial charge is 0.0835 e. The Bertz CT molecular complexity index is 549. The van der Waals surface area contributed by atoms with Crippen molar-refractivity contribution >= 4 is 11.6 Å². The van der Waals surface area contributed by atoms with Crippen molar-refractivity contribution in [3.63, 3.8) is 0 Å². The summed E-state index contributed by atoms with van der Waals surface area (Å²) in [5, 5.41) is -0.0698. The molecule has 2 aromatic rings. The molecule has 0 bridgehead atoms. The Morgan fingerprint density at radius 1 is 0.850 bits per heavy atom. The average molecular weight is 287 g/mol. The lowest BCUT2D eigenvalue weighted by atomic mass is 9.95. The lowest BCUT2D eigenvalue weighted by Gasteiger charge is -2.14. The van der Waals surface area contributed by atoms with Gasteiger partial charge in [-0.15, -0.1) is 11.6 Å². The first-order chi connectivity index (χ1) is 9.51. The standard InChI is InChI=1S/C19H23Cl/c1-5-15(4)16-6-8-17(9-7-16)19(20)18-11-13(2)10-14(3)12-18/h6-12,15,19H,5H2,1-4H3. The molecule has 0 heterocycles. The fraction of sp³-hybridized carbons (Fsp3) is 0.368. The van der Waals surface area contributed by atoms with Crippen molar-refractivity contribution < 1.29 is 0 Å². The summed E-state index contributed by atoms with van der Waals surface area (Å²) in [4.78, 5) is 0. The van der Waals surface area contributed by atoms with Crippen molar-refractivity contribution in [2.24, 2.45) is 0 Å². The zero-order valence-corrected chi connectivity index (χ0v) is 13.5. The maximum Gasteiger partial charge on any atom is 0.0835 e. The van der Waals surface area contributed by atoms with Crippen molar-refractivity contribution in [2.75, 3.05) is 0 Å². The quantitative estimate of drug-likeness (QED) is 0.592. The first kappa shape index (κ1) is 15.1.